The summed E-state index contributed by atoms with van der Waals surface area (Å²) in [5.74, 6) is 0.763. The summed E-state index contributed by atoms with van der Waals surface area (Å²) in [7, 11) is 0. The first-order valence-corrected chi connectivity index (χ1v) is 18.5. The second-order valence-corrected chi connectivity index (χ2v) is 14.3. The summed E-state index contributed by atoms with van der Waals surface area (Å²) in [4.78, 5) is 0. The Balaban J connectivity index is 0.000000200. The fraction of sp³-hybridized carbons (Fsp3) is 0.0741. The summed E-state index contributed by atoms with van der Waals surface area (Å²) in [6.45, 7) is 0. The van der Waals surface area contributed by atoms with Gasteiger partial charge in [-0.25, -0.2) is 0 Å². The third kappa shape index (κ3) is 7.42. The first-order valence-electron chi connectivity index (χ1n) is 18.5. The Morgan fingerprint density at radius 3 is 0.661 bits per heavy atom. The summed E-state index contributed by atoms with van der Waals surface area (Å²) < 4.78 is 0. The van der Waals surface area contributed by atoms with Gasteiger partial charge in [0.1, 0.15) is 0 Å². The van der Waals surface area contributed by atoms with Crippen molar-refractivity contribution in [3.8, 4) is 44.5 Å². The van der Waals surface area contributed by atoms with Crippen molar-refractivity contribution < 1.29 is 2.85 Å². The molecule has 4 aliphatic carbocycles. The van der Waals surface area contributed by atoms with Gasteiger partial charge in [-0.1, -0.05) is 194 Å². The molecule has 8 aromatic carbocycles. The normalized spacial score (nSPS) is 12.5. The molecule has 0 aromatic heterocycles. The van der Waals surface area contributed by atoms with Crippen molar-refractivity contribution >= 4 is 75.5 Å². The Bertz CT molecular complexity index is 2270. The molecule has 0 N–H and O–H groups in total. The molecule has 12 rings (SSSR count). The fourth-order valence-corrected chi connectivity index (χ4v) is 9.27. The van der Waals surface area contributed by atoms with Crippen LogP contribution in [-0.2, 0) is 12.8 Å². The molecule has 0 fully saturated rings. The average Bonchev–Trinajstić information content (AvgIpc) is 3.96. The van der Waals surface area contributed by atoms with E-state index in [-0.39, 0.29) is 93.2 Å². The molecule has 0 saturated carbocycles. The standard InChI is InChI=1S/C26H18.2C13H10.2CH3.2Ca.2H/c1-5-13-21-17(9-1)18-10-2-6-14-22(18)25(21)26-23-15-7-3-11-19(23)20-12-4-8-16-24(20)26;2*1-3-7-12-10(5-1)9-11-6-2-4-8-13(11)12;;;;;;/h1-16,25-26H;2*1-8H,9H2;2*1H3;;;;/q;;;2*-1;2*+2;2*-1. The summed E-state index contributed by atoms with van der Waals surface area (Å²) in [5, 5.41) is 0. The van der Waals surface area contributed by atoms with Crippen LogP contribution < -0.4 is 0 Å². The minimum Gasteiger partial charge on any atom is -1.00 e. The van der Waals surface area contributed by atoms with Crippen LogP contribution >= 0.6 is 0 Å². The molecule has 0 nitrogen and oxygen atoms in total. The van der Waals surface area contributed by atoms with Gasteiger partial charge in [-0.05, 0) is 102 Å². The Kier molecular flexibility index (Phi) is 13.7. The molecule has 266 valence electrons. The molecule has 0 aliphatic heterocycles. The van der Waals surface area contributed by atoms with Gasteiger partial charge in [-0.15, -0.1) is 0 Å². The van der Waals surface area contributed by atoms with E-state index in [0.717, 1.165) is 12.8 Å². The van der Waals surface area contributed by atoms with Crippen LogP contribution in [0.2, 0.25) is 0 Å². The van der Waals surface area contributed by atoms with Crippen LogP contribution in [0.4, 0.5) is 0 Å². The van der Waals surface area contributed by atoms with E-state index in [2.05, 4.69) is 194 Å². The van der Waals surface area contributed by atoms with Crippen LogP contribution in [0.25, 0.3) is 44.5 Å². The Morgan fingerprint density at radius 2 is 0.429 bits per heavy atom. The van der Waals surface area contributed by atoms with E-state index in [4.69, 9.17) is 0 Å². The zero-order valence-electron chi connectivity index (χ0n) is 34.5. The Labute approximate surface area is 396 Å². The van der Waals surface area contributed by atoms with Gasteiger partial charge < -0.3 is 17.7 Å². The molecule has 0 radical (unpaired) electrons. The molecular weight excluding hydrogens is 729 g/mol. The second-order valence-electron chi connectivity index (χ2n) is 14.3. The predicted molar refractivity (Wildman–Crippen MR) is 243 cm³/mol. The molecule has 0 saturated heterocycles. The molecule has 0 spiro atoms. The molecule has 8 aromatic rings. The Hall–Kier alpha value is -3.72. The van der Waals surface area contributed by atoms with Crippen molar-refractivity contribution in [3.05, 3.63) is 253 Å². The maximum atomic E-state index is 2.32. The zero-order valence-corrected chi connectivity index (χ0v) is 36.9. The smallest absolute Gasteiger partial charge is 1.00 e. The molecule has 4 aliphatic rings. The molecule has 0 atom stereocenters. The van der Waals surface area contributed by atoms with Gasteiger partial charge in [0, 0.05) is 11.8 Å². The molecule has 0 bridgehead atoms. The van der Waals surface area contributed by atoms with Crippen LogP contribution in [0, 0.1) is 14.9 Å². The van der Waals surface area contributed by atoms with Gasteiger partial charge in [0.25, 0.3) is 0 Å². The van der Waals surface area contributed by atoms with E-state index in [1.807, 2.05) is 0 Å². The summed E-state index contributed by atoms with van der Waals surface area (Å²) >= 11 is 0. The largest absolute Gasteiger partial charge is 2.00 e. The molecule has 0 unspecified atom stereocenters. The van der Waals surface area contributed by atoms with Gasteiger partial charge in [-0.2, -0.15) is 0 Å². The minimum absolute atomic E-state index is 0. The maximum absolute atomic E-state index is 2.32. The van der Waals surface area contributed by atoms with E-state index in [1.54, 1.807) is 0 Å². The van der Waals surface area contributed by atoms with Crippen molar-refractivity contribution in [1.29, 1.82) is 0 Å². The quantitative estimate of drug-likeness (QED) is 0.115. The SMILES string of the molecule is [CH3-].[CH3-].[Ca+2].[Ca+2].[H-].[H-].c1ccc2c(c1)-c1ccccc1C2C1c2ccccc2-c2ccccc21.c1ccc2c(c1)Cc1ccccc1-2.c1ccc2c(c1)Cc1ccccc1-2. The maximum Gasteiger partial charge on any atom is 2.00 e. The third-order valence-corrected chi connectivity index (χ3v) is 11.5. The second kappa shape index (κ2) is 18.3. The monoisotopic (exact) mass is 774 g/mol. The zero-order chi connectivity index (χ0) is 34.4. The summed E-state index contributed by atoms with van der Waals surface area (Å²) in [6, 6.07) is 70.4. The third-order valence-electron chi connectivity index (χ3n) is 11.5. The van der Waals surface area contributed by atoms with E-state index in [1.165, 1.54) is 89.0 Å². The van der Waals surface area contributed by atoms with Gasteiger partial charge >= 0.3 is 75.5 Å². The topological polar surface area (TPSA) is 0 Å². The van der Waals surface area contributed by atoms with Crippen LogP contribution in [-0.4, -0.2) is 75.5 Å². The van der Waals surface area contributed by atoms with Gasteiger partial charge in [0.05, 0.1) is 0 Å². The van der Waals surface area contributed by atoms with Crippen molar-refractivity contribution in [2.75, 3.05) is 0 Å². The van der Waals surface area contributed by atoms with Gasteiger partial charge in [0.2, 0.25) is 0 Å². The first-order chi connectivity index (χ1) is 25.8. The van der Waals surface area contributed by atoms with Crippen molar-refractivity contribution in [1.82, 2.24) is 0 Å². The van der Waals surface area contributed by atoms with Gasteiger partial charge in [-0.3, -0.25) is 0 Å². The number of rotatable bonds is 1. The average molecular weight is 775 g/mol. The van der Waals surface area contributed by atoms with Crippen molar-refractivity contribution in [3.63, 3.8) is 0 Å². The Morgan fingerprint density at radius 1 is 0.250 bits per heavy atom. The number of benzene rings is 8. The molecule has 56 heavy (non-hydrogen) atoms. The van der Waals surface area contributed by atoms with Crippen molar-refractivity contribution in [2.45, 2.75) is 24.7 Å². The number of hydrogen-bond donors (Lipinski definition) is 0. The summed E-state index contributed by atoms with van der Waals surface area (Å²) in [5.41, 5.74) is 23.0. The molecule has 0 heterocycles. The van der Waals surface area contributed by atoms with Gasteiger partial charge in [0.15, 0.2) is 0 Å². The predicted octanol–water partition coefficient (Wildman–Crippen LogP) is 13.5. The number of fused-ring (bicyclic) bond motifs is 12. The van der Waals surface area contributed by atoms with Crippen LogP contribution in [0.5, 0.6) is 0 Å². The molecule has 2 heteroatoms. The van der Waals surface area contributed by atoms with E-state index in [9.17, 15) is 0 Å². The van der Waals surface area contributed by atoms with E-state index >= 15 is 0 Å². The van der Waals surface area contributed by atoms with E-state index < -0.39 is 0 Å². The number of hydrogen-bond acceptors (Lipinski definition) is 0. The van der Waals surface area contributed by atoms with Crippen LogP contribution in [0.3, 0.4) is 0 Å². The molecule has 0 amide bonds. The fourth-order valence-electron chi connectivity index (χ4n) is 9.27. The van der Waals surface area contributed by atoms with E-state index in [0.29, 0.717) is 11.8 Å². The summed E-state index contributed by atoms with van der Waals surface area (Å²) in [6.07, 6.45) is 2.21. The van der Waals surface area contributed by atoms with Crippen LogP contribution in [0.1, 0.15) is 59.2 Å². The van der Waals surface area contributed by atoms with Crippen LogP contribution in [0.15, 0.2) is 194 Å². The molecular formula is C54H46Ca2. The van der Waals surface area contributed by atoms with Crippen molar-refractivity contribution in [2.24, 2.45) is 0 Å². The first kappa shape index (κ1) is 41.9. The minimum atomic E-state index is 0.